The molecule has 0 aliphatic heterocycles. The van der Waals surface area contributed by atoms with Gasteiger partial charge in [0.15, 0.2) is 4.99 Å². The van der Waals surface area contributed by atoms with Crippen molar-refractivity contribution >= 4 is 34.8 Å². The van der Waals surface area contributed by atoms with Gasteiger partial charge in [-0.25, -0.2) is 10.6 Å². The summed E-state index contributed by atoms with van der Waals surface area (Å²) in [5.74, 6) is 4.02. The molecule has 0 aliphatic rings. The lowest BCUT2D eigenvalue weighted by molar-refractivity contribution is -0.110. The summed E-state index contributed by atoms with van der Waals surface area (Å²) in [5, 5.41) is 2.50. The van der Waals surface area contributed by atoms with Gasteiger partial charge in [-0.05, 0) is 25.1 Å². The first-order valence-electron chi connectivity index (χ1n) is 5.17. The number of anilines is 1. The Kier molecular flexibility index (Phi) is 5.22. The molecule has 0 fully saturated rings. The number of carbonyl (C=O) groups excluding carboxylic acids is 2. The number of hydrogen-bond donors (Lipinski definition) is 3. The van der Waals surface area contributed by atoms with Gasteiger partial charge in [0.2, 0.25) is 0 Å². The smallest absolute Gasteiger partial charge is 0.338 e. The highest BCUT2D eigenvalue weighted by molar-refractivity contribution is 7.82. The molecule has 0 spiro atoms. The highest BCUT2D eigenvalue weighted by atomic mass is 32.1. The molecule has 0 aliphatic carbocycles. The fourth-order valence-corrected chi connectivity index (χ4v) is 1.24. The van der Waals surface area contributed by atoms with Crippen LogP contribution in [0.2, 0.25) is 0 Å². The Morgan fingerprint density at radius 2 is 2.17 bits per heavy atom. The van der Waals surface area contributed by atoms with Crippen molar-refractivity contribution in [3.05, 3.63) is 29.8 Å². The zero-order valence-corrected chi connectivity index (χ0v) is 10.5. The van der Waals surface area contributed by atoms with E-state index in [0.29, 0.717) is 11.3 Å². The zero-order valence-electron chi connectivity index (χ0n) is 9.73. The SMILES string of the molecule is CCOC(=O)c1cccc(NC(=O)C(=S)NN)c1. The van der Waals surface area contributed by atoms with E-state index in [4.69, 9.17) is 10.6 Å². The summed E-state index contributed by atoms with van der Waals surface area (Å²) in [7, 11) is 0. The van der Waals surface area contributed by atoms with E-state index >= 15 is 0 Å². The molecule has 6 nitrogen and oxygen atoms in total. The van der Waals surface area contributed by atoms with Crippen molar-refractivity contribution in [2.45, 2.75) is 6.92 Å². The third-order valence-corrected chi connectivity index (χ3v) is 2.27. The number of benzene rings is 1. The van der Waals surface area contributed by atoms with E-state index in [-0.39, 0.29) is 11.6 Å². The quantitative estimate of drug-likeness (QED) is 0.321. The molecule has 0 radical (unpaired) electrons. The first-order chi connectivity index (χ1) is 8.58. The molecule has 1 aromatic carbocycles. The topological polar surface area (TPSA) is 93.4 Å². The highest BCUT2D eigenvalue weighted by Gasteiger charge is 2.10. The van der Waals surface area contributed by atoms with Crippen LogP contribution in [0, 0.1) is 0 Å². The van der Waals surface area contributed by atoms with Crippen LogP contribution in [0.3, 0.4) is 0 Å². The Balaban J connectivity index is 2.79. The Bertz CT molecular complexity index is 476. The molecule has 0 bridgehead atoms. The Morgan fingerprint density at radius 1 is 1.44 bits per heavy atom. The number of hydrazine groups is 1. The minimum Gasteiger partial charge on any atom is -0.462 e. The summed E-state index contributed by atoms with van der Waals surface area (Å²) in [6.45, 7) is 2.01. The van der Waals surface area contributed by atoms with Gasteiger partial charge in [0, 0.05) is 5.69 Å². The lowest BCUT2D eigenvalue weighted by Gasteiger charge is -2.07. The van der Waals surface area contributed by atoms with E-state index in [2.05, 4.69) is 23.0 Å². The number of thiocarbonyl (C=S) groups is 1. The van der Waals surface area contributed by atoms with Crippen LogP contribution in [0.15, 0.2) is 24.3 Å². The van der Waals surface area contributed by atoms with Gasteiger partial charge in [-0.1, -0.05) is 18.3 Å². The zero-order chi connectivity index (χ0) is 13.5. The van der Waals surface area contributed by atoms with E-state index in [1.807, 2.05) is 0 Å². The standard InChI is InChI=1S/C11H13N3O3S/c1-2-17-11(16)7-4-3-5-8(6-7)13-9(15)10(18)14-12/h3-6H,2,12H2,1H3,(H,13,15)(H,14,18). The van der Waals surface area contributed by atoms with Gasteiger partial charge < -0.3 is 15.5 Å². The predicted octanol–water partition coefficient (Wildman–Crippen LogP) is 0.593. The normalized spacial score (nSPS) is 9.44. The van der Waals surface area contributed by atoms with Crippen LogP contribution in [0.1, 0.15) is 17.3 Å². The average Bonchev–Trinajstić information content (AvgIpc) is 2.38. The van der Waals surface area contributed by atoms with Gasteiger partial charge in [0.25, 0.3) is 5.91 Å². The minimum atomic E-state index is -0.548. The average molecular weight is 267 g/mol. The predicted molar refractivity (Wildman–Crippen MR) is 70.9 cm³/mol. The number of esters is 1. The van der Waals surface area contributed by atoms with Gasteiger partial charge in [-0.3, -0.25) is 4.79 Å². The lowest BCUT2D eigenvalue weighted by Crippen LogP contribution is -2.38. The summed E-state index contributed by atoms with van der Waals surface area (Å²) in [6.07, 6.45) is 0. The molecule has 0 atom stereocenters. The van der Waals surface area contributed by atoms with Gasteiger partial charge in [0.05, 0.1) is 12.2 Å². The highest BCUT2D eigenvalue weighted by Crippen LogP contribution is 2.11. The molecule has 96 valence electrons. The summed E-state index contributed by atoms with van der Waals surface area (Å²) in [4.78, 5) is 22.8. The molecule has 1 rings (SSSR count). The fraction of sp³-hybridized carbons (Fsp3) is 0.182. The summed E-state index contributed by atoms with van der Waals surface area (Å²) in [5.41, 5.74) is 2.85. The second-order valence-electron chi connectivity index (χ2n) is 3.23. The maximum atomic E-state index is 11.5. The summed E-state index contributed by atoms with van der Waals surface area (Å²) < 4.78 is 4.85. The largest absolute Gasteiger partial charge is 0.462 e. The van der Waals surface area contributed by atoms with Crippen molar-refractivity contribution in [2.24, 2.45) is 5.84 Å². The summed E-state index contributed by atoms with van der Waals surface area (Å²) >= 11 is 4.66. The molecule has 0 saturated carbocycles. The van der Waals surface area contributed by atoms with Crippen LogP contribution in [-0.2, 0) is 9.53 Å². The van der Waals surface area contributed by atoms with Gasteiger partial charge in [0.1, 0.15) is 0 Å². The van der Waals surface area contributed by atoms with Crippen molar-refractivity contribution in [1.82, 2.24) is 5.43 Å². The number of carbonyl (C=O) groups is 2. The van der Waals surface area contributed by atoms with E-state index in [0.717, 1.165) is 0 Å². The van der Waals surface area contributed by atoms with Crippen molar-refractivity contribution in [3.8, 4) is 0 Å². The van der Waals surface area contributed by atoms with E-state index in [1.165, 1.54) is 6.07 Å². The number of ether oxygens (including phenoxy) is 1. The van der Waals surface area contributed by atoms with Crippen LogP contribution < -0.4 is 16.6 Å². The molecule has 0 heterocycles. The monoisotopic (exact) mass is 267 g/mol. The van der Waals surface area contributed by atoms with E-state index in [1.54, 1.807) is 25.1 Å². The number of nitrogens with two attached hydrogens (primary N) is 1. The van der Waals surface area contributed by atoms with Gasteiger partial charge in [-0.2, -0.15) is 0 Å². The van der Waals surface area contributed by atoms with Gasteiger partial charge in [-0.15, -0.1) is 0 Å². The van der Waals surface area contributed by atoms with Crippen LogP contribution >= 0.6 is 12.2 Å². The second-order valence-corrected chi connectivity index (χ2v) is 3.64. The Hall–Kier alpha value is -1.99. The van der Waals surface area contributed by atoms with Crippen molar-refractivity contribution < 1.29 is 14.3 Å². The molecule has 18 heavy (non-hydrogen) atoms. The molecule has 4 N–H and O–H groups in total. The number of rotatable bonds is 3. The van der Waals surface area contributed by atoms with Crippen LogP contribution in [0.5, 0.6) is 0 Å². The first kappa shape index (κ1) is 14.1. The van der Waals surface area contributed by atoms with Crippen molar-refractivity contribution in [1.29, 1.82) is 0 Å². The van der Waals surface area contributed by atoms with Gasteiger partial charge >= 0.3 is 5.97 Å². The third kappa shape index (κ3) is 3.79. The molecular formula is C11H13N3O3S. The number of hydrogen-bond acceptors (Lipinski definition) is 5. The Labute approximate surface area is 109 Å². The first-order valence-corrected chi connectivity index (χ1v) is 5.58. The minimum absolute atomic E-state index is 0.142. The number of amides is 1. The molecule has 7 heteroatoms. The van der Waals surface area contributed by atoms with Crippen LogP contribution in [0.25, 0.3) is 0 Å². The van der Waals surface area contributed by atoms with Crippen molar-refractivity contribution in [3.63, 3.8) is 0 Å². The maximum Gasteiger partial charge on any atom is 0.338 e. The van der Waals surface area contributed by atoms with E-state index in [9.17, 15) is 9.59 Å². The number of nitrogens with one attached hydrogen (secondary N) is 2. The Morgan fingerprint density at radius 3 is 2.78 bits per heavy atom. The molecule has 1 aromatic rings. The third-order valence-electron chi connectivity index (χ3n) is 1.97. The fourth-order valence-electron chi connectivity index (χ4n) is 1.19. The van der Waals surface area contributed by atoms with Crippen molar-refractivity contribution in [2.75, 3.05) is 11.9 Å². The molecule has 1 amide bonds. The molecule has 0 unspecified atom stereocenters. The molecule has 0 saturated heterocycles. The van der Waals surface area contributed by atoms with Crippen LogP contribution in [0.4, 0.5) is 5.69 Å². The molecule has 0 aromatic heterocycles. The molecular weight excluding hydrogens is 254 g/mol. The lowest BCUT2D eigenvalue weighted by atomic mass is 10.2. The summed E-state index contributed by atoms with van der Waals surface area (Å²) in [6, 6.07) is 6.34. The maximum absolute atomic E-state index is 11.5. The second kappa shape index (κ2) is 6.67. The van der Waals surface area contributed by atoms with E-state index < -0.39 is 11.9 Å². The van der Waals surface area contributed by atoms with Crippen LogP contribution in [-0.4, -0.2) is 23.5 Å².